The Hall–Kier alpha value is -3.42. The third-order valence-corrected chi connectivity index (χ3v) is 7.21. The van der Waals surface area contributed by atoms with Gasteiger partial charge in [-0.25, -0.2) is 15.0 Å². The lowest BCUT2D eigenvalue weighted by atomic mass is 10.1. The van der Waals surface area contributed by atoms with Gasteiger partial charge in [0.15, 0.2) is 0 Å². The molecular formula is C27H30F4N6O3. The van der Waals surface area contributed by atoms with E-state index in [4.69, 9.17) is 9.47 Å². The summed E-state index contributed by atoms with van der Waals surface area (Å²) >= 11 is 0. The molecule has 1 aromatic carbocycles. The van der Waals surface area contributed by atoms with Gasteiger partial charge in [-0.3, -0.25) is 9.69 Å². The number of fused-ring (bicyclic) bond motifs is 1. The number of hydrogen-bond acceptors (Lipinski definition) is 8. The Morgan fingerprint density at radius 3 is 2.77 bits per heavy atom. The van der Waals surface area contributed by atoms with Crippen molar-refractivity contribution in [2.75, 3.05) is 38.2 Å². The van der Waals surface area contributed by atoms with E-state index in [1.807, 2.05) is 0 Å². The fourth-order valence-corrected chi connectivity index (χ4v) is 5.15. The Bertz CT molecular complexity index is 1300. The molecule has 40 heavy (non-hydrogen) atoms. The van der Waals surface area contributed by atoms with E-state index in [0.29, 0.717) is 36.8 Å². The highest BCUT2D eigenvalue weighted by molar-refractivity contribution is 5.91. The number of anilines is 1. The summed E-state index contributed by atoms with van der Waals surface area (Å²) in [6.07, 6.45) is 0.628. The summed E-state index contributed by atoms with van der Waals surface area (Å²) in [5.41, 5.74) is 0.213. The minimum atomic E-state index is -4.52. The number of halogens is 4. The molecule has 0 saturated carbocycles. The molecule has 4 heterocycles. The Labute approximate surface area is 228 Å². The first-order valence-electron chi connectivity index (χ1n) is 13.2. The van der Waals surface area contributed by atoms with Crippen molar-refractivity contribution in [3.8, 4) is 0 Å². The molecule has 0 bridgehead atoms. The smallest absolute Gasteiger partial charge is 0.381 e. The third kappa shape index (κ3) is 7.01. The number of ether oxygens (including phenoxy) is 2. The zero-order valence-electron chi connectivity index (χ0n) is 21.7. The molecule has 2 unspecified atom stereocenters. The van der Waals surface area contributed by atoms with Gasteiger partial charge in [-0.2, -0.15) is 17.6 Å². The van der Waals surface area contributed by atoms with Crippen LogP contribution < -0.4 is 10.6 Å². The van der Waals surface area contributed by atoms with Crippen molar-refractivity contribution < 1.29 is 31.8 Å². The topological polar surface area (TPSA) is 102 Å². The summed E-state index contributed by atoms with van der Waals surface area (Å²) in [6, 6.07) is 6.04. The van der Waals surface area contributed by atoms with Gasteiger partial charge in [-0.05, 0) is 49.1 Å². The average Bonchev–Trinajstić information content (AvgIpc) is 3.13. The predicted octanol–water partition coefficient (Wildman–Crippen LogP) is 3.55. The SMILES string of the molecule is O=C(CNc1ncnc2ccc(C(F)(F)F)cc12)NC1CN(C2CCCOCC2)C[C@@H]1OCc1ccc(F)nc1. The molecule has 0 spiro atoms. The molecule has 5 rings (SSSR count). The van der Waals surface area contributed by atoms with Crippen molar-refractivity contribution in [1.82, 2.24) is 25.2 Å². The Kier molecular flexibility index (Phi) is 8.72. The maximum Gasteiger partial charge on any atom is 0.416 e. The number of pyridine rings is 1. The molecule has 3 aromatic rings. The summed E-state index contributed by atoms with van der Waals surface area (Å²) in [4.78, 5) is 27.0. The lowest BCUT2D eigenvalue weighted by molar-refractivity contribution is -0.137. The van der Waals surface area contributed by atoms with Gasteiger partial charge in [-0.15, -0.1) is 0 Å². The van der Waals surface area contributed by atoms with Crippen LogP contribution in [-0.4, -0.2) is 76.8 Å². The average molecular weight is 563 g/mol. The number of nitrogens with one attached hydrogen (secondary N) is 2. The Morgan fingerprint density at radius 2 is 1.98 bits per heavy atom. The quantitative estimate of drug-likeness (QED) is 0.318. The van der Waals surface area contributed by atoms with E-state index >= 15 is 0 Å². The van der Waals surface area contributed by atoms with Crippen LogP contribution in [0.2, 0.25) is 0 Å². The molecule has 2 aliphatic heterocycles. The highest BCUT2D eigenvalue weighted by atomic mass is 19.4. The second-order valence-corrected chi connectivity index (χ2v) is 9.97. The highest BCUT2D eigenvalue weighted by Gasteiger charge is 2.38. The van der Waals surface area contributed by atoms with Gasteiger partial charge >= 0.3 is 6.18 Å². The number of alkyl halides is 3. The summed E-state index contributed by atoms with van der Waals surface area (Å²) in [5, 5.41) is 6.04. The summed E-state index contributed by atoms with van der Waals surface area (Å²) in [7, 11) is 0. The normalized spacial score (nSPS) is 22.2. The molecule has 3 atom stereocenters. The van der Waals surface area contributed by atoms with Crippen LogP contribution in [0.1, 0.15) is 30.4 Å². The Balaban J connectivity index is 1.25. The van der Waals surface area contributed by atoms with Crippen molar-refractivity contribution in [2.24, 2.45) is 0 Å². The van der Waals surface area contributed by atoms with Gasteiger partial charge in [-0.1, -0.05) is 6.07 Å². The maximum absolute atomic E-state index is 13.2. The van der Waals surface area contributed by atoms with Crippen LogP contribution in [0, 0.1) is 5.95 Å². The number of aromatic nitrogens is 3. The number of rotatable bonds is 8. The van der Waals surface area contributed by atoms with Gasteiger partial charge in [0.1, 0.15) is 12.1 Å². The zero-order valence-corrected chi connectivity index (χ0v) is 21.7. The van der Waals surface area contributed by atoms with Crippen molar-refractivity contribution in [1.29, 1.82) is 0 Å². The van der Waals surface area contributed by atoms with Crippen molar-refractivity contribution >= 4 is 22.6 Å². The molecule has 2 aromatic heterocycles. The molecule has 0 radical (unpaired) electrons. The molecule has 1 amide bonds. The largest absolute Gasteiger partial charge is 0.416 e. The molecule has 2 saturated heterocycles. The van der Waals surface area contributed by atoms with E-state index in [9.17, 15) is 22.4 Å². The minimum absolute atomic E-state index is 0.134. The van der Waals surface area contributed by atoms with Gasteiger partial charge in [0, 0.05) is 43.9 Å². The van der Waals surface area contributed by atoms with E-state index in [0.717, 1.165) is 38.0 Å². The van der Waals surface area contributed by atoms with E-state index in [-0.39, 0.29) is 42.4 Å². The van der Waals surface area contributed by atoms with Crippen LogP contribution in [0.4, 0.5) is 23.4 Å². The monoisotopic (exact) mass is 562 g/mol. The number of likely N-dealkylation sites (tertiary alicyclic amines) is 1. The van der Waals surface area contributed by atoms with Crippen molar-refractivity contribution in [2.45, 2.75) is 50.2 Å². The van der Waals surface area contributed by atoms with Gasteiger partial charge in [0.05, 0.1) is 36.4 Å². The number of carbonyl (C=O) groups excluding carboxylic acids is 1. The maximum atomic E-state index is 13.2. The second kappa shape index (κ2) is 12.4. The number of hydrogen-bond donors (Lipinski definition) is 2. The van der Waals surface area contributed by atoms with Crippen LogP contribution in [0.3, 0.4) is 0 Å². The molecule has 214 valence electrons. The van der Waals surface area contributed by atoms with E-state index in [1.54, 1.807) is 6.07 Å². The molecule has 2 aliphatic rings. The van der Waals surface area contributed by atoms with Crippen LogP contribution in [0.15, 0.2) is 42.9 Å². The first-order chi connectivity index (χ1) is 19.3. The molecule has 2 fully saturated rings. The number of nitrogens with zero attached hydrogens (tertiary/aromatic N) is 4. The highest BCUT2D eigenvalue weighted by Crippen LogP contribution is 2.32. The van der Waals surface area contributed by atoms with E-state index in [1.165, 1.54) is 24.7 Å². The number of carbonyl (C=O) groups is 1. The van der Waals surface area contributed by atoms with Crippen LogP contribution >= 0.6 is 0 Å². The van der Waals surface area contributed by atoms with Crippen LogP contribution in [-0.2, 0) is 27.1 Å². The minimum Gasteiger partial charge on any atom is -0.381 e. The van der Waals surface area contributed by atoms with Crippen LogP contribution in [0.5, 0.6) is 0 Å². The van der Waals surface area contributed by atoms with E-state index < -0.39 is 17.7 Å². The molecule has 0 aliphatic carbocycles. The third-order valence-electron chi connectivity index (χ3n) is 7.21. The lowest BCUT2D eigenvalue weighted by Crippen LogP contribution is -2.46. The lowest BCUT2D eigenvalue weighted by Gasteiger charge is -2.26. The van der Waals surface area contributed by atoms with Crippen LogP contribution in [0.25, 0.3) is 10.9 Å². The fourth-order valence-electron chi connectivity index (χ4n) is 5.15. The second-order valence-electron chi connectivity index (χ2n) is 9.97. The standard InChI is InChI=1S/C27H30F4N6O3/c28-24-6-3-17(11-32-24)15-40-23-14-37(19-2-1-8-39-9-7-19)13-22(23)36-25(38)12-33-26-20-10-18(27(29,30)31)4-5-21(20)34-16-35-26/h3-6,10-11,16,19,22-23H,1-2,7-9,12-15H2,(H,36,38)(H,33,34,35)/t19?,22?,23-/m0/s1. The first kappa shape index (κ1) is 28.1. The molecule has 13 heteroatoms. The number of benzene rings is 1. The van der Waals surface area contributed by atoms with Gasteiger partial charge in [0.2, 0.25) is 11.9 Å². The predicted molar refractivity (Wildman–Crippen MR) is 138 cm³/mol. The van der Waals surface area contributed by atoms with Crippen molar-refractivity contribution in [3.05, 3.63) is 59.9 Å². The molecule has 9 nitrogen and oxygen atoms in total. The summed E-state index contributed by atoms with van der Waals surface area (Å²) < 4.78 is 64.7. The zero-order chi connectivity index (χ0) is 28.1. The summed E-state index contributed by atoms with van der Waals surface area (Å²) in [5.74, 6) is -0.795. The summed E-state index contributed by atoms with van der Waals surface area (Å²) in [6.45, 7) is 2.60. The molecule has 2 N–H and O–H groups in total. The van der Waals surface area contributed by atoms with Crippen molar-refractivity contribution in [3.63, 3.8) is 0 Å². The Morgan fingerprint density at radius 1 is 1.10 bits per heavy atom. The fraction of sp³-hybridized carbons (Fsp3) is 0.481. The molecular weight excluding hydrogens is 532 g/mol. The first-order valence-corrected chi connectivity index (χ1v) is 13.2. The van der Waals surface area contributed by atoms with Gasteiger partial charge < -0.3 is 20.1 Å². The van der Waals surface area contributed by atoms with E-state index in [2.05, 4.69) is 30.5 Å². The van der Waals surface area contributed by atoms with Gasteiger partial charge in [0.25, 0.3) is 0 Å². The number of amides is 1.